The molecule has 0 saturated carbocycles. The molecule has 2 heteroatoms. The number of benzene rings is 1. The lowest BCUT2D eigenvalue weighted by Gasteiger charge is -1.95. The lowest BCUT2D eigenvalue weighted by atomic mass is 10.2. The van der Waals surface area contributed by atoms with Gasteiger partial charge in [0.05, 0.1) is 0 Å². The minimum absolute atomic E-state index is 0. The molecule has 0 aliphatic carbocycles. The summed E-state index contributed by atoms with van der Waals surface area (Å²) in [5.41, 5.74) is 1.33. The maximum absolute atomic E-state index is 3.08. The van der Waals surface area contributed by atoms with Gasteiger partial charge in [-0.25, -0.2) is 0 Å². The van der Waals surface area contributed by atoms with Crippen LogP contribution in [-0.2, 0) is 6.54 Å². The van der Waals surface area contributed by atoms with E-state index in [1.165, 1.54) is 5.56 Å². The molecule has 0 aliphatic rings. The van der Waals surface area contributed by atoms with Gasteiger partial charge in [0.25, 0.3) is 0 Å². The second-order valence-corrected chi connectivity index (χ2v) is 2.02. The molecule has 0 atom stereocenters. The normalized spacial score (nSPS) is 8.50. The predicted octanol–water partition coefficient (Wildman–Crippen LogP) is 1.57. The lowest BCUT2D eigenvalue weighted by Crippen LogP contribution is -2.04. The molecule has 1 aromatic rings. The summed E-state index contributed by atoms with van der Waals surface area (Å²) in [4.78, 5) is 0. The Morgan fingerprint density at radius 1 is 1.20 bits per heavy atom. The molecule has 0 unspecified atom stereocenters. The highest BCUT2D eigenvalue weighted by atomic mass is 14.8. The highest BCUT2D eigenvalue weighted by Gasteiger charge is 1.83. The second-order valence-electron chi connectivity index (χ2n) is 2.02. The van der Waals surface area contributed by atoms with Crippen LogP contribution in [0.4, 0.5) is 0 Å². The number of hydrogen-bond donors (Lipinski definition) is 2. The molecular formula is C8H14N2. The van der Waals surface area contributed by atoms with E-state index in [0.29, 0.717) is 0 Å². The monoisotopic (exact) mass is 138 g/mol. The molecule has 1 aromatic carbocycles. The number of hydrogen-bond acceptors (Lipinski definition) is 2. The fourth-order valence-corrected chi connectivity index (χ4v) is 0.800. The van der Waals surface area contributed by atoms with Crippen LogP contribution in [0.3, 0.4) is 0 Å². The van der Waals surface area contributed by atoms with Crippen molar-refractivity contribution in [3.63, 3.8) is 0 Å². The van der Waals surface area contributed by atoms with Crippen molar-refractivity contribution in [2.45, 2.75) is 6.54 Å². The molecule has 0 saturated heterocycles. The topological polar surface area (TPSA) is 47.0 Å². The van der Waals surface area contributed by atoms with Crippen LogP contribution >= 0.6 is 0 Å². The zero-order valence-corrected chi connectivity index (χ0v) is 6.30. The minimum Gasteiger partial charge on any atom is -0.344 e. The summed E-state index contributed by atoms with van der Waals surface area (Å²) in [5, 5.41) is 3.08. The van der Waals surface area contributed by atoms with Crippen LogP contribution in [0.15, 0.2) is 30.3 Å². The summed E-state index contributed by atoms with van der Waals surface area (Å²) in [6.07, 6.45) is 0. The van der Waals surface area contributed by atoms with Crippen molar-refractivity contribution >= 4 is 0 Å². The van der Waals surface area contributed by atoms with Gasteiger partial charge in [-0.05, 0) is 12.6 Å². The van der Waals surface area contributed by atoms with Gasteiger partial charge in [0.2, 0.25) is 0 Å². The third kappa shape index (κ3) is 2.62. The van der Waals surface area contributed by atoms with Crippen LogP contribution in [0.5, 0.6) is 0 Å². The molecule has 0 spiro atoms. The van der Waals surface area contributed by atoms with Crippen LogP contribution in [0.1, 0.15) is 5.56 Å². The molecule has 10 heavy (non-hydrogen) atoms. The largest absolute Gasteiger partial charge is 0.344 e. The van der Waals surface area contributed by atoms with E-state index in [0.717, 1.165) is 6.54 Å². The van der Waals surface area contributed by atoms with E-state index in [-0.39, 0.29) is 6.15 Å². The molecule has 0 fully saturated rings. The van der Waals surface area contributed by atoms with Crippen molar-refractivity contribution in [2.75, 3.05) is 7.05 Å². The predicted molar refractivity (Wildman–Crippen MR) is 44.2 cm³/mol. The minimum atomic E-state index is 0. The first-order valence-corrected chi connectivity index (χ1v) is 3.12. The molecular weight excluding hydrogens is 124 g/mol. The van der Waals surface area contributed by atoms with Gasteiger partial charge in [-0.15, -0.1) is 0 Å². The average Bonchev–Trinajstić information content (AvgIpc) is 1.91. The van der Waals surface area contributed by atoms with Gasteiger partial charge >= 0.3 is 0 Å². The van der Waals surface area contributed by atoms with Crippen molar-refractivity contribution in [3.8, 4) is 0 Å². The molecule has 0 heterocycles. The Labute approximate surface area is 61.8 Å². The van der Waals surface area contributed by atoms with Crippen LogP contribution in [0.25, 0.3) is 0 Å². The molecule has 0 amide bonds. The second kappa shape index (κ2) is 4.97. The number of rotatable bonds is 2. The summed E-state index contributed by atoms with van der Waals surface area (Å²) >= 11 is 0. The first-order chi connectivity index (χ1) is 4.43. The summed E-state index contributed by atoms with van der Waals surface area (Å²) < 4.78 is 0. The molecule has 56 valence electrons. The van der Waals surface area contributed by atoms with E-state index in [2.05, 4.69) is 17.4 Å². The van der Waals surface area contributed by atoms with Crippen molar-refractivity contribution in [1.82, 2.24) is 11.5 Å². The van der Waals surface area contributed by atoms with Crippen molar-refractivity contribution < 1.29 is 0 Å². The SMILES string of the molecule is CNCc1ccccc1.N. The van der Waals surface area contributed by atoms with Crippen molar-refractivity contribution in [1.29, 1.82) is 0 Å². The molecule has 2 nitrogen and oxygen atoms in total. The highest BCUT2D eigenvalue weighted by molar-refractivity contribution is 5.13. The Hall–Kier alpha value is -0.860. The Bertz CT molecular complexity index is 160. The molecule has 4 N–H and O–H groups in total. The molecule has 0 aliphatic heterocycles. The third-order valence-corrected chi connectivity index (χ3v) is 1.22. The number of nitrogens with one attached hydrogen (secondary N) is 1. The fraction of sp³-hybridized carbons (Fsp3) is 0.250. The zero-order valence-electron chi connectivity index (χ0n) is 6.30. The zero-order chi connectivity index (χ0) is 6.53. The smallest absolute Gasteiger partial charge is 0.0202 e. The van der Waals surface area contributed by atoms with Crippen LogP contribution in [0, 0.1) is 0 Å². The van der Waals surface area contributed by atoms with Gasteiger partial charge in [-0.2, -0.15) is 0 Å². The van der Waals surface area contributed by atoms with E-state index in [1.807, 2.05) is 25.2 Å². The standard InChI is InChI=1S/C8H11N.H3N/c1-9-7-8-5-3-2-4-6-8;/h2-6,9H,7H2,1H3;1H3. The van der Waals surface area contributed by atoms with Gasteiger partial charge in [0.1, 0.15) is 0 Å². The first-order valence-electron chi connectivity index (χ1n) is 3.12. The Morgan fingerprint density at radius 2 is 1.80 bits per heavy atom. The van der Waals surface area contributed by atoms with E-state index in [1.54, 1.807) is 0 Å². The van der Waals surface area contributed by atoms with E-state index in [9.17, 15) is 0 Å². The van der Waals surface area contributed by atoms with Gasteiger partial charge in [-0.3, -0.25) is 0 Å². The first kappa shape index (κ1) is 9.14. The Morgan fingerprint density at radius 3 is 2.30 bits per heavy atom. The molecule has 0 bridgehead atoms. The summed E-state index contributed by atoms with van der Waals surface area (Å²) in [6, 6.07) is 10.3. The van der Waals surface area contributed by atoms with E-state index >= 15 is 0 Å². The summed E-state index contributed by atoms with van der Waals surface area (Å²) in [6.45, 7) is 0.959. The summed E-state index contributed by atoms with van der Waals surface area (Å²) in [7, 11) is 1.95. The quantitative estimate of drug-likeness (QED) is 0.651. The highest BCUT2D eigenvalue weighted by Crippen LogP contribution is 1.95. The van der Waals surface area contributed by atoms with E-state index in [4.69, 9.17) is 0 Å². The van der Waals surface area contributed by atoms with Gasteiger partial charge < -0.3 is 11.5 Å². The Kier molecular flexibility index (Phi) is 4.54. The van der Waals surface area contributed by atoms with Gasteiger partial charge in [0.15, 0.2) is 0 Å². The summed E-state index contributed by atoms with van der Waals surface area (Å²) in [5.74, 6) is 0. The van der Waals surface area contributed by atoms with Crippen LogP contribution < -0.4 is 11.5 Å². The fourth-order valence-electron chi connectivity index (χ4n) is 0.800. The molecule has 0 radical (unpaired) electrons. The Balaban J connectivity index is 0.000000810. The maximum Gasteiger partial charge on any atom is 0.0202 e. The third-order valence-electron chi connectivity index (χ3n) is 1.22. The average molecular weight is 138 g/mol. The molecule has 0 aromatic heterocycles. The van der Waals surface area contributed by atoms with E-state index < -0.39 is 0 Å². The van der Waals surface area contributed by atoms with Crippen molar-refractivity contribution in [3.05, 3.63) is 35.9 Å². The van der Waals surface area contributed by atoms with Gasteiger partial charge in [0, 0.05) is 6.54 Å². The van der Waals surface area contributed by atoms with Gasteiger partial charge in [-0.1, -0.05) is 30.3 Å². The molecule has 1 rings (SSSR count). The van der Waals surface area contributed by atoms with Crippen LogP contribution in [-0.4, -0.2) is 7.05 Å². The van der Waals surface area contributed by atoms with Crippen LogP contribution in [0.2, 0.25) is 0 Å². The maximum atomic E-state index is 3.08. The van der Waals surface area contributed by atoms with Crippen molar-refractivity contribution in [2.24, 2.45) is 0 Å². The lowest BCUT2D eigenvalue weighted by molar-refractivity contribution is 0.818.